The van der Waals surface area contributed by atoms with Gasteiger partial charge in [0.15, 0.2) is 12.6 Å². The fourth-order valence-corrected chi connectivity index (χ4v) is 7.96. The number of ether oxygens (including phenoxy) is 4. The first-order valence-electron chi connectivity index (χ1n) is 27.3. The molecule has 2 aliphatic rings. The van der Waals surface area contributed by atoms with E-state index in [1.54, 1.807) is 6.08 Å². The molecule has 0 aromatic rings. The van der Waals surface area contributed by atoms with Gasteiger partial charge in [-0.05, 0) is 96.3 Å². The van der Waals surface area contributed by atoms with Crippen molar-refractivity contribution in [1.82, 2.24) is 5.32 Å². The zero-order chi connectivity index (χ0) is 53.2. The molecule has 0 aromatic carbocycles. The molecule has 73 heavy (non-hydrogen) atoms. The van der Waals surface area contributed by atoms with E-state index in [9.17, 15) is 45.6 Å². The number of nitrogens with one attached hydrogen (secondary N) is 1. The lowest BCUT2D eigenvalue weighted by molar-refractivity contribution is -0.359. The smallest absolute Gasteiger partial charge is 0.220 e. The molecule has 12 atom stereocenters. The Hall–Kier alpha value is -3.61. The summed E-state index contributed by atoms with van der Waals surface area (Å²) < 4.78 is 22.7. The number of carbonyl (C=O) groups excluding carboxylic acids is 1. The molecule has 0 spiro atoms. The van der Waals surface area contributed by atoms with Gasteiger partial charge in [0, 0.05) is 6.42 Å². The highest BCUT2D eigenvalue weighted by atomic mass is 16.7. The van der Waals surface area contributed by atoms with Crippen LogP contribution in [0.1, 0.15) is 149 Å². The maximum Gasteiger partial charge on any atom is 0.220 e. The number of hydrogen-bond donors (Lipinski definition) is 9. The summed E-state index contributed by atoms with van der Waals surface area (Å²) in [6.45, 7) is 2.57. The average Bonchev–Trinajstić information content (AvgIpc) is 3.39. The van der Waals surface area contributed by atoms with Crippen LogP contribution >= 0.6 is 0 Å². The molecule has 14 nitrogen and oxygen atoms in total. The minimum atomic E-state index is -1.80. The number of hydrogen-bond acceptors (Lipinski definition) is 13. The summed E-state index contributed by atoms with van der Waals surface area (Å²) in [6.07, 6.45) is 45.2. The van der Waals surface area contributed by atoms with E-state index in [0.29, 0.717) is 19.3 Å². The van der Waals surface area contributed by atoms with Gasteiger partial charge in [0.05, 0.1) is 32.0 Å². The lowest BCUT2D eigenvalue weighted by Crippen LogP contribution is -2.65. The quantitative estimate of drug-likeness (QED) is 0.0208. The summed E-state index contributed by atoms with van der Waals surface area (Å²) in [5.74, 6) is -0.318. The van der Waals surface area contributed by atoms with Crippen molar-refractivity contribution in [2.45, 2.75) is 222 Å². The van der Waals surface area contributed by atoms with E-state index in [-0.39, 0.29) is 18.9 Å². The molecule has 2 saturated heterocycles. The Morgan fingerprint density at radius 2 is 0.959 bits per heavy atom. The normalized spacial score (nSPS) is 26.4. The van der Waals surface area contributed by atoms with Gasteiger partial charge in [-0.1, -0.05) is 167 Å². The zero-order valence-corrected chi connectivity index (χ0v) is 44.1. The fraction of sp³-hybridized carbons (Fsp3) is 0.644. The van der Waals surface area contributed by atoms with Crippen molar-refractivity contribution < 1.29 is 64.6 Å². The van der Waals surface area contributed by atoms with E-state index in [0.717, 1.165) is 70.6 Å². The highest BCUT2D eigenvalue weighted by molar-refractivity contribution is 5.76. The van der Waals surface area contributed by atoms with Gasteiger partial charge in [0.2, 0.25) is 5.91 Å². The van der Waals surface area contributed by atoms with Crippen LogP contribution in [-0.2, 0) is 23.7 Å². The van der Waals surface area contributed by atoms with E-state index in [4.69, 9.17) is 18.9 Å². The van der Waals surface area contributed by atoms with E-state index in [1.165, 1.54) is 38.5 Å². The number of rotatable bonds is 40. The van der Waals surface area contributed by atoms with Crippen molar-refractivity contribution in [2.24, 2.45) is 0 Å². The van der Waals surface area contributed by atoms with Crippen LogP contribution in [0.25, 0.3) is 0 Å². The molecular weight excluding hydrogens is 931 g/mol. The molecule has 14 heteroatoms. The monoisotopic (exact) mass is 1030 g/mol. The molecule has 0 bridgehead atoms. The summed E-state index contributed by atoms with van der Waals surface area (Å²) in [7, 11) is 0. The Kier molecular flexibility index (Phi) is 39.1. The van der Waals surface area contributed by atoms with Gasteiger partial charge in [-0.25, -0.2) is 0 Å². The Balaban J connectivity index is 1.87. The Bertz CT molecular complexity index is 1680. The molecule has 12 unspecified atom stereocenters. The molecule has 1 amide bonds. The molecule has 2 aliphatic heterocycles. The minimum absolute atomic E-state index is 0.182. The topological polar surface area (TPSA) is 228 Å². The van der Waals surface area contributed by atoms with Crippen molar-refractivity contribution in [3.05, 3.63) is 122 Å². The van der Waals surface area contributed by atoms with Gasteiger partial charge in [-0.3, -0.25) is 4.79 Å². The van der Waals surface area contributed by atoms with E-state index in [2.05, 4.69) is 122 Å². The number of carbonyl (C=O) groups is 1. The molecule has 9 N–H and O–H groups in total. The molecule has 2 rings (SSSR count). The minimum Gasteiger partial charge on any atom is -0.394 e. The number of allylic oxidation sites excluding steroid dienone is 19. The third kappa shape index (κ3) is 29.9. The van der Waals surface area contributed by atoms with Crippen LogP contribution in [0.15, 0.2) is 122 Å². The maximum atomic E-state index is 13.2. The number of unbranched alkanes of at least 4 members (excludes halogenated alkanes) is 9. The summed E-state index contributed by atoms with van der Waals surface area (Å²) >= 11 is 0. The number of aliphatic hydroxyl groups excluding tert-OH is 8. The van der Waals surface area contributed by atoms with E-state index in [1.807, 2.05) is 12.2 Å². The van der Waals surface area contributed by atoms with Crippen LogP contribution in [0, 0.1) is 0 Å². The summed E-state index contributed by atoms with van der Waals surface area (Å²) in [6, 6.07) is -0.977. The third-order valence-corrected chi connectivity index (χ3v) is 12.4. The molecule has 0 saturated carbocycles. The van der Waals surface area contributed by atoms with Crippen molar-refractivity contribution in [3.8, 4) is 0 Å². The highest BCUT2D eigenvalue weighted by Gasteiger charge is 2.51. The molecule has 2 heterocycles. The predicted octanol–water partition coefficient (Wildman–Crippen LogP) is 8.27. The van der Waals surface area contributed by atoms with Gasteiger partial charge in [0.25, 0.3) is 0 Å². The van der Waals surface area contributed by atoms with Gasteiger partial charge in [-0.15, -0.1) is 0 Å². The first-order chi connectivity index (χ1) is 35.6. The van der Waals surface area contributed by atoms with Gasteiger partial charge >= 0.3 is 0 Å². The van der Waals surface area contributed by atoms with Crippen molar-refractivity contribution in [3.63, 3.8) is 0 Å². The van der Waals surface area contributed by atoms with E-state index < -0.39 is 86.8 Å². The van der Waals surface area contributed by atoms with E-state index >= 15 is 0 Å². The molecule has 2 fully saturated rings. The van der Waals surface area contributed by atoms with Crippen LogP contribution < -0.4 is 5.32 Å². The Morgan fingerprint density at radius 1 is 0.507 bits per heavy atom. The van der Waals surface area contributed by atoms with Gasteiger partial charge in [0.1, 0.15) is 48.8 Å². The second-order valence-corrected chi connectivity index (χ2v) is 18.6. The molecular formula is C59H95NO13. The Labute approximate surface area is 438 Å². The van der Waals surface area contributed by atoms with Crippen LogP contribution in [-0.4, -0.2) is 140 Å². The first-order valence-corrected chi connectivity index (χ1v) is 27.3. The lowest BCUT2D eigenvalue weighted by atomic mass is 9.97. The standard InChI is InChI=1S/C59H95NO13/c1-3-5-7-9-11-13-15-17-19-21-22-23-24-25-26-27-29-31-33-35-37-39-41-43-51(64)60-47(48(63)42-40-38-36-34-32-30-28-20-18-16-14-12-10-8-6-4-2)46-70-58-56(69)54(67)57(50(45-62)72-58)73-59-55(68)53(66)52(65)49(44-61)71-59/h5,7,11,13,17-20,22-23,25-26,29,31-32,34-35,37,40,42,47-50,52-59,61-63,65-69H,3-4,6,8-10,12,14-16,21,24,27-28,30,33,36,38-39,41,43-46H2,1-2H3,(H,60,64)/b7-5-,13-11-,19-17-,20-18+,23-22-,26-25-,31-29-,34-32+,37-35-,42-40+. The predicted molar refractivity (Wildman–Crippen MR) is 290 cm³/mol. The zero-order valence-electron chi connectivity index (χ0n) is 44.1. The van der Waals surface area contributed by atoms with Crippen LogP contribution in [0.4, 0.5) is 0 Å². The molecule has 414 valence electrons. The third-order valence-electron chi connectivity index (χ3n) is 12.4. The summed E-state index contributed by atoms with van der Waals surface area (Å²) in [4.78, 5) is 13.2. The number of amides is 1. The van der Waals surface area contributed by atoms with Crippen LogP contribution in [0.3, 0.4) is 0 Å². The van der Waals surface area contributed by atoms with Crippen molar-refractivity contribution in [2.75, 3.05) is 19.8 Å². The fourth-order valence-electron chi connectivity index (χ4n) is 7.96. The van der Waals surface area contributed by atoms with Crippen LogP contribution in [0.5, 0.6) is 0 Å². The highest BCUT2D eigenvalue weighted by Crippen LogP contribution is 2.30. The van der Waals surface area contributed by atoms with Crippen molar-refractivity contribution >= 4 is 5.91 Å². The SMILES string of the molecule is CC/C=C\C/C=C\C/C=C\C/C=C\C/C=C\C/C=C\C/C=C\CCCC(=O)NC(COC1OC(CO)C(OC2OC(CO)C(O)C(O)C2O)C(O)C1O)C(O)/C=C/CC/C=C/CC/C=C/CCCCCCCC. The van der Waals surface area contributed by atoms with Gasteiger partial charge < -0.3 is 65.1 Å². The van der Waals surface area contributed by atoms with Gasteiger partial charge in [-0.2, -0.15) is 0 Å². The second-order valence-electron chi connectivity index (χ2n) is 18.6. The number of aliphatic hydroxyl groups is 8. The van der Waals surface area contributed by atoms with Crippen LogP contribution in [0.2, 0.25) is 0 Å². The first kappa shape index (κ1) is 65.5. The molecule has 0 aliphatic carbocycles. The largest absolute Gasteiger partial charge is 0.394 e. The second kappa shape index (κ2) is 43.6. The average molecular weight is 1030 g/mol. The maximum absolute atomic E-state index is 13.2. The molecule has 0 radical (unpaired) electrons. The summed E-state index contributed by atoms with van der Waals surface area (Å²) in [5, 5.41) is 86.8. The molecule has 0 aromatic heterocycles. The Morgan fingerprint density at radius 3 is 1.51 bits per heavy atom. The summed E-state index contributed by atoms with van der Waals surface area (Å²) in [5.41, 5.74) is 0. The van der Waals surface area contributed by atoms with Crippen molar-refractivity contribution in [1.29, 1.82) is 0 Å². The lowest BCUT2D eigenvalue weighted by Gasteiger charge is -2.46.